The van der Waals surface area contributed by atoms with E-state index in [9.17, 15) is 0 Å². The summed E-state index contributed by atoms with van der Waals surface area (Å²) in [5.74, 6) is 8.88. The van der Waals surface area contributed by atoms with Crippen LogP contribution >= 0.6 is 17.2 Å². The van der Waals surface area contributed by atoms with Crippen LogP contribution < -0.4 is 0 Å². The van der Waals surface area contributed by atoms with Crippen LogP contribution in [0.2, 0.25) is 0 Å². The van der Waals surface area contributed by atoms with Gasteiger partial charge in [-0.2, -0.15) is 0 Å². The Kier molecular flexibility index (Phi) is 1.88. The number of hydrogen-bond donors (Lipinski definition) is 0. The molecule has 0 aliphatic carbocycles. The summed E-state index contributed by atoms with van der Waals surface area (Å²) in [7, 11) is 1.90. The molecule has 32 valence electrons. The molecule has 0 bridgehead atoms. The highest BCUT2D eigenvalue weighted by molar-refractivity contribution is 7.53. The first-order valence-corrected chi connectivity index (χ1v) is 4.13. The fourth-order valence-electron chi connectivity index (χ4n) is 0.304. The largest absolute Gasteiger partial charge is 0.0748 e. The van der Waals surface area contributed by atoms with E-state index >= 15 is 0 Å². The SMILES string of the molecule is C1=CPC=CP1. The van der Waals surface area contributed by atoms with Gasteiger partial charge in [-0.15, -0.1) is 0 Å². The molecule has 0 saturated heterocycles. The van der Waals surface area contributed by atoms with Gasteiger partial charge in [-0.25, -0.2) is 0 Å². The molecular formula is C4H6P2. The topological polar surface area (TPSA) is 0 Å². The summed E-state index contributed by atoms with van der Waals surface area (Å²) in [6.45, 7) is 0. The molecule has 0 aromatic heterocycles. The fraction of sp³-hybridized carbons (Fsp3) is 0. The van der Waals surface area contributed by atoms with Crippen LogP contribution in [0.25, 0.3) is 0 Å². The molecule has 0 atom stereocenters. The van der Waals surface area contributed by atoms with Crippen LogP contribution in [0.1, 0.15) is 0 Å². The lowest BCUT2D eigenvalue weighted by Crippen LogP contribution is -1.43. The average molecular weight is 116 g/mol. The smallest absolute Gasteiger partial charge is 0.0588 e. The van der Waals surface area contributed by atoms with Gasteiger partial charge in [-0.05, 0) is 0 Å². The molecule has 2 heteroatoms. The Labute approximate surface area is 41.3 Å². The van der Waals surface area contributed by atoms with E-state index in [0.717, 1.165) is 17.2 Å². The molecule has 0 N–H and O–H groups in total. The molecule has 0 aromatic rings. The van der Waals surface area contributed by atoms with Crippen molar-refractivity contribution in [3.05, 3.63) is 23.3 Å². The lowest BCUT2D eigenvalue weighted by molar-refractivity contribution is 2.37. The van der Waals surface area contributed by atoms with Gasteiger partial charge < -0.3 is 0 Å². The molecule has 0 aromatic carbocycles. The van der Waals surface area contributed by atoms with Crippen molar-refractivity contribution in [3.63, 3.8) is 0 Å². The Hall–Kier alpha value is 0.340. The highest BCUT2D eigenvalue weighted by Crippen LogP contribution is 2.28. The van der Waals surface area contributed by atoms with Gasteiger partial charge in [0.05, 0.1) is 0 Å². The van der Waals surface area contributed by atoms with Gasteiger partial charge in [0.2, 0.25) is 0 Å². The lowest BCUT2D eigenvalue weighted by Gasteiger charge is -1.88. The molecule has 1 heterocycles. The summed E-state index contributed by atoms with van der Waals surface area (Å²) < 4.78 is 0. The molecule has 0 spiro atoms. The van der Waals surface area contributed by atoms with Gasteiger partial charge in [0.25, 0.3) is 0 Å². The molecule has 0 saturated carbocycles. The van der Waals surface area contributed by atoms with E-state index in [4.69, 9.17) is 0 Å². The van der Waals surface area contributed by atoms with Gasteiger partial charge in [-0.3, -0.25) is 0 Å². The van der Waals surface area contributed by atoms with Crippen molar-refractivity contribution < 1.29 is 0 Å². The van der Waals surface area contributed by atoms with Gasteiger partial charge in [-0.1, -0.05) is 40.4 Å². The molecule has 1 rings (SSSR count). The number of rotatable bonds is 0. The van der Waals surface area contributed by atoms with Crippen molar-refractivity contribution in [2.75, 3.05) is 0 Å². The Balaban J connectivity index is 2.40. The quantitative estimate of drug-likeness (QED) is 0.426. The molecule has 0 nitrogen and oxygen atoms in total. The van der Waals surface area contributed by atoms with Crippen LogP contribution in [-0.2, 0) is 0 Å². The molecule has 0 amide bonds. The summed E-state index contributed by atoms with van der Waals surface area (Å²) in [5, 5.41) is 0. The lowest BCUT2D eigenvalue weighted by atomic mass is 11.2. The molecule has 0 radical (unpaired) electrons. The van der Waals surface area contributed by atoms with Gasteiger partial charge in [0.1, 0.15) is 0 Å². The van der Waals surface area contributed by atoms with Crippen LogP contribution in [0, 0.1) is 0 Å². The zero-order chi connectivity index (χ0) is 4.24. The molecule has 1 aliphatic rings. The Bertz CT molecular complexity index is 63.5. The van der Waals surface area contributed by atoms with Crippen LogP contribution in [0.3, 0.4) is 0 Å². The van der Waals surface area contributed by atoms with Crippen molar-refractivity contribution in [1.29, 1.82) is 0 Å². The average Bonchev–Trinajstić information content (AvgIpc) is 1.72. The fourth-order valence-corrected chi connectivity index (χ4v) is 2.07. The molecule has 6 heavy (non-hydrogen) atoms. The maximum absolute atomic E-state index is 2.22. The predicted octanol–water partition coefficient (Wildman–Crippen LogP) is 2.30. The van der Waals surface area contributed by atoms with E-state index < -0.39 is 0 Å². The maximum atomic E-state index is 2.22. The van der Waals surface area contributed by atoms with E-state index in [1.807, 2.05) is 0 Å². The van der Waals surface area contributed by atoms with Crippen molar-refractivity contribution in [2.24, 2.45) is 0 Å². The van der Waals surface area contributed by atoms with E-state index in [-0.39, 0.29) is 0 Å². The van der Waals surface area contributed by atoms with Crippen LogP contribution in [-0.4, -0.2) is 0 Å². The third-order valence-electron chi connectivity index (χ3n) is 0.552. The van der Waals surface area contributed by atoms with Crippen molar-refractivity contribution in [3.8, 4) is 0 Å². The highest BCUT2D eigenvalue weighted by Gasteiger charge is 1.75. The zero-order valence-electron chi connectivity index (χ0n) is 3.31. The van der Waals surface area contributed by atoms with E-state index in [2.05, 4.69) is 23.3 Å². The minimum Gasteiger partial charge on any atom is -0.0748 e. The summed E-state index contributed by atoms with van der Waals surface area (Å²) in [6.07, 6.45) is 0. The minimum atomic E-state index is 0.948. The molecular weight excluding hydrogens is 110 g/mol. The third-order valence-corrected chi connectivity index (χ3v) is 2.65. The van der Waals surface area contributed by atoms with Crippen LogP contribution in [0.15, 0.2) is 23.3 Å². The van der Waals surface area contributed by atoms with Crippen LogP contribution in [0.4, 0.5) is 0 Å². The predicted molar refractivity (Wildman–Crippen MR) is 34.9 cm³/mol. The first kappa shape index (κ1) is 4.50. The Morgan fingerprint density at radius 2 is 1.00 bits per heavy atom. The van der Waals surface area contributed by atoms with Gasteiger partial charge >= 0.3 is 0 Å². The molecule has 1 aliphatic heterocycles. The van der Waals surface area contributed by atoms with E-state index in [0.29, 0.717) is 0 Å². The van der Waals surface area contributed by atoms with Crippen molar-refractivity contribution in [2.45, 2.75) is 0 Å². The van der Waals surface area contributed by atoms with Crippen LogP contribution in [0.5, 0.6) is 0 Å². The van der Waals surface area contributed by atoms with E-state index in [1.165, 1.54) is 0 Å². The second-order valence-electron chi connectivity index (χ2n) is 1.00. The summed E-state index contributed by atoms with van der Waals surface area (Å²) in [5.41, 5.74) is 0. The third kappa shape index (κ3) is 1.20. The summed E-state index contributed by atoms with van der Waals surface area (Å²) in [4.78, 5) is 0. The molecule has 0 unspecified atom stereocenters. The van der Waals surface area contributed by atoms with E-state index in [1.54, 1.807) is 0 Å². The normalized spacial score (nSPS) is 26.7. The number of hydrogen-bond acceptors (Lipinski definition) is 0. The summed E-state index contributed by atoms with van der Waals surface area (Å²) >= 11 is 0. The standard InChI is InChI=1S/C4H6P2/c1-2-6-4-3-5-1/h1-6H. The first-order valence-electron chi connectivity index (χ1n) is 1.82. The Morgan fingerprint density at radius 3 is 1.17 bits per heavy atom. The maximum Gasteiger partial charge on any atom is -0.0588 e. The minimum absolute atomic E-state index is 0.948. The van der Waals surface area contributed by atoms with Gasteiger partial charge in [0, 0.05) is 0 Å². The summed E-state index contributed by atoms with van der Waals surface area (Å²) in [6, 6.07) is 0. The Morgan fingerprint density at radius 1 is 0.667 bits per heavy atom. The second-order valence-corrected chi connectivity index (χ2v) is 3.00. The monoisotopic (exact) mass is 116 g/mol. The highest BCUT2D eigenvalue weighted by atomic mass is 31.1. The first-order chi connectivity index (χ1) is 3.00. The van der Waals surface area contributed by atoms with Crippen molar-refractivity contribution >= 4 is 17.2 Å². The zero-order valence-corrected chi connectivity index (χ0v) is 5.31. The van der Waals surface area contributed by atoms with Crippen molar-refractivity contribution in [1.82, 2.24) is 0 Å². The second kappa shape index (κ2) is 2.50. The van der Waals surface area contributed by atoms with Gasteiger partial charge in [0.15, 0.2) is 0 Å². The molecule has 0 fully saturated rings.